The second-order valence-electron chi connectivity index (χ2n) is 7.94. The van der Waals surface area contributed by atoms with Crippen molar-refractivity contribution < 1.29 is 14.3 Å². The number of carbonyl (C=O) groups excluding carboxylic acids is 1. The zero-order chi connectivity index (χ0) is 21.3. The van der Waals surface area contributed by atoms with Crippen molar-refractivity contribution in [3.8, 4) is 0 Å². The third-order valence-electron chi connectivity index (χ3n) is 4.81. The van der Waals surface area contributed by atoms with Crippen molar-refractivity contribution in [2.45, 2.75) is 44.5 Å². The molecule has 3 aromatic rings. The summed E-state index contributed by atoms with van der Waals surface area (Å²) < 4.78 is 15.6. The van der Waals surface area contributed by atoms with Crippen molar-refractivity contribution in [2.75, 3.05) is 17.2 Å². The molecule has 0 aromatic carbocycles. The second kappa shape index (κ2) is 7.86. The highest BCUT2D eigenvalue weighted by Gasteiger charge is 2.28. The lowest BCUT2D eigenvalue weighted by atomic mass is 10.0. The van der Waals surface area contributed by atoms with Crippen molar-refractivity contribution in [3.05, 3.63) is 42.4 Å². The first-order chi connectivity index (χ1) is 14.3. The lowest BCUT2D eigenvalue weighted by Gasteiger charge is -2.22. The van der Waals surface area contributed by atoms with Crippen LogP contribution in [0.2, 0.25) is 0 Å². The maximum absolute atomic E-state index is 14.0. The molecule has 1 saturated carbocycles. The number of hydrogen-bond donors (Lipinski definition) is 4. The van der Waals surface area contributed by atoms with Crippen LogP contribution in [-0.4, -0.2) is 55.0 Å². The van der Waals surface area contributed by atoms with E-state index in [1.807, 2.05) is 0 Å². The van der Waals surface area contributed by atoms with E-state index in [-0.39, 0.29) is 6.54 Å². The summed E-state index contributed by atoms with van der Waals surface area (Å²) in [7, 11) is 0. The van der Waals surface area contributed by atoms with Gasteiger partial charge in [0.2, 0.25) is 0 Å². The SMILES string of the molecule is CC(C)(O)C(F)CNC(=O)c1cnc(Nc2ccn3nccc3n2)cc1NC1CC1. The molecule has 30 heavy (non-hydrogen) atoms. The standard InChI is InChI=1S/C20H24FN7O2/c1-20(2,30)15(21)11-23-19(29)13-10-22-17(9-14(13)25-12-3-4-12)26-16-6-8-28-18(27-16)5-7-24-28/h5-10,12,15,30H,3-4,11H2,1-2H3,(H,23,29)(H2,22,25,26,27). The molecule has 1 amide bonds. The van der Waals surface area contributed by atoms with Crippen molar-refractivity contribution in [2.24, 2.45) is 0 Å². The number of alkyl halides is 1. The molecule has 0 aliphatic heterocycles. The van der Waals surface area contributed by atoms with Crippen LogP contribution in [0.15, 0.2) is 36.8 Å². The van der Waals surface area contributed by atoms with Gasteiger partial charge in [0.15, 0.2) is 5.65 Å². The molecule has 0 radical (unpaired) electrons. The third-order valence-corrected chi connectivity index (χ3v) is 4.81. The average Bonchev–Trinajstić information content (AvgIpc) is 3.38. The van der Waals surface area contributed by atoms with Gasteiger partial charge in [-0.3, -0.25) is 4.79 Å². The van der Waals surface area contributed by atoms with Crippen LogP contribution in [0.5, 0.6) is 0 Å². The van der Waals surface area contributed by atoms with Crippen LogP contribution < -0.4 is 16.0 Å². The van der Waals surface area contributed by atoms with Gasteiger partial charge in [0.1, 0.15) is 17.8 Å². The summed E-state index contributed by atoms with van der Waals surface area (Å²) in [6.07, 6.45) is 5.35. The first kappa shape index (κ1) is 20.0. The molecule has 1 unspecified atom stereocenters. The summed E-state index contributed by atoms with van der Waals surface area (Å²) in [6, 6.07) is 5.60. The summed E-state index contributed by atoms with van der Waals surface area (Å²) in [5.41, 5.74) is 0.0870. The van der Waals surface area contributed by atoms with Crippen LogP contribution in [0.3, 0.4) is 0 Å². The molecule has 9 nitrogen and oxygen atoms in total. The van der Waals surface area contributed by atoms with Crippen molar-refractivity contribution >= 4 is 28.9 Å². The first-order valence-electron chi connectivity index (χ1n) is 9.78. The number of nitrogens with zero attached hydrogens (tertiary/aromatic N) is 4. The quantitative estimate of drug-likeness (QED) is 0.448. The summed E-state index contributed by atoms with van der Waals surface area (Å²) in [5.74, 6) is 0.657. The van der Waals surface area contributed by atoms with E-state index in [1.54, 1.807) is 35.1 Å². The van der Waals surface area contributed by atoms with Crippen LogP contribution in [0.1, 0.15) is 37.0 Å². The molecule has 0 spiro atoms. The monoisotopic (exact) mass is 413 g/mol. The van der Waals surface area contributed by atoms with Gasteiger partial charge >= 0.3 is 0 Å². The highest BCUT2D eigenvalue weighted by Crippen LogP contribution is 2.28. The van der Waals surface area contributed by atoms with Crippen molar-refractivity contribution in [3.63, 3.8) is 0 Å². The Balaban J connectivity index is 1.51. The lowest BCUT2D eigenvalue weighted by Crippen LogP contribution is -2.42. The summed E-state index contributed by atoms with van der Waals surface area (Å²) in [6.45, 7) is 2.43. The van der Waals surface area contributed by atoms with Gasteiger partial charge < -0.3 is 21.1 Å². The Morgan fingerprint density at radius 3 is 2.90 bits per heavy atom. The highest BCUT2D eigenvalue weighted by atomic mass is 19.1. The zero-order valence-electron chi connectivity index (χ0n) is 16.8. The molecule has 3 aromatic heterocycles. The van der Waals surface area contributed by atoms with Crippen LogP contribution in [0.4, 0.5) is 21.7 Å². The van der Waals surface area contributed by atoms with Gasteiger partial charge in [-0.25, -0.2) is 18.9 Å². The van der Waals surface area contributed by atoms with Gasteiger partial charge in [-0.2, -0.15) is 5.10 Å². The van der Waals surface area contributed by atoms with Crippen LogP contribution in [0, 0.1) is 0 Å². The third kappa shape index (κ3) is 4.65. The van der Waals surface area contributed by atoms with E-state index < -0.39 is 17.7 Å². The number of hydrogen-bond acceptors (Lipinski definition) is 7. The smallest absolute Gasteiger partial charge is 0.255 e. The maximum atomic E-state index is 14.0. The molecular formula is C20H24FN7O2. The fraction of sp³-hybridized carbons (Fsp3) is 0.400. The molecule has 4 N–H and O–H groups in total. The van der Waals surface area contributed by atoms with E-state index in [0.717, 1.165) is 12.8 Å². The van der Waals surface area contributed by atoms with E-state index in [2.05, 4.69) is 31.0 Å². The molecular weight excluding hydrogens is 389 g/mol. The zero-order valence-corrected chi connectivity index (χ0v) is 16.8. The van der Waals surface area contributed by atoms with Gasteiger partial charge in [0.05, 0.1) is 29.6 Å². The lowest BCUT2D eigenvalue weighted by molar-refractivity contribution is -0.00177. The molecule has 3 heterocycles. The Labute approximate surface area is 172 Å². The van der Waals surface area contributed by atoms with Gasteiger partial charge in [-0.05, 0) is 32.8 Å². The molecule has 10 heteroatoms. The summed E-state index contributed by atoms with van der Waals surface area (Å²) in [4.78, 5) is 21.4. The average molecular weight is 413 g/mol. The number of nitrogens with one attached hydrogen (secondary N) is 3. The van der Waals surface area contributed by atoms with Gasteiger partial charge in [0.25, 0.3) is 5.91 Å². The minimum atomic E-state index is -1.58. The molecule has 1 aliphatic carbocycles. The summed E-state index contributed by atoms with van der Waals surface area (Å²) >= 11 is 0. The fourth-order valence-corrected chi connectivity index (χ4v) is 2.81. The number of rotatable bonds is 8. The van der Waals surface area contributed by atoms with Crippen LogP contribution in [-0.2, 0) is 0 Å². The molecule has 1 aliphatic rings. The predicted octanol–water partition coefficient (Wildman–Crippen LogP) is 2.28. The Hall–Kier alpha value is -3.27. The van der Waals surface area contributed by atoms with E-state index in [0.29, 0.717) is 34.6 Å². The van der Waals surface area contributed by atoms with Gasteiger partial charge in [0, 0.05) is 30.6 Å². The predicted molar refractivity (Wildman–Crippen MR) is 111 cm³/mol. The molecule has 4 rings (SSSR count). The Bertz CT molecular complexity index is 1060. The maximum Gasteiger partial charge on any atom is 0.255 e. The van der Waals surface area contributed by atoms with E-state index in [9.17, 15) is 14.3 Å². The number of anilines is 3. The number of aliphatic hydroxyl groups is 1. The van der Waals surface area contributed by atoms with E-state index in [4.69, 9.17) is 0 Å². The Kier molecular flexibility index (Phi) is 5.25. The molecule has 0 saturated heterocycles. The van der Waals surface area contributed by atoms with E-state index in [1.165, 1.54) is 20.0 Å². The minimum absolute atomic E-state index is 0.291. The first-order valence-corrected chi connectivity index (χ1v) is 9.78. The fourth-order valence-electron chi connectivity index (χ4n) is 2.81. The molecule has 0 bridgehead atoms. The van der Waals surface area contributed by atoms with Crippen LogP contribution in [0.25, 0.3) is 5.65 Å². The van der Waals surface area contributed by atoms with Crippen LogP contribution >= 0.6 is 0 Å². The number of pyridine rings is 1. The second-order valence-corrected chi connectivity index (χ2v) is 7.94. The number of fused-ring (bicyclic) bond motifs is 1. The van der Waals surface area contributed by atoms with Gasteiger partial charge in [-0.15, -0.1) is 0 Å². The van der Waals surface area contributed by atoms with Crippen molar-refractivity contribution in [1.82, 2.24) is 24.9 Å². The summed E-state index contributed by atoms with van der Waals surface area (Å²) in [5, 5.41) is 22.8. The highest BCUT2D eigenvalue weighted by molar-refractivity contribution is 6.00. The Morgan fingerprint density at radius 1 is 1.37 bits per heavy atom. The number of aromatic nitrogens is 4. The minimum Gasteiger partial charge on any atom is -0.387 e. The molecule has 1 fully saturated rings. The number of halogens is 1. The number of amides is 1. The van der Waals surface area contributed by atoms with Crippen molar-refractivity contribution in [1.29, 1.82) is 0 Å². The number of carbonyl (C=O) groups is 1. The normalized spacial score (nSPS) is 15.1. The topological polar surface area (TPSA) is 116 Å². The Morgan fingerprint density at radius 2 is 2.17 bits per heavy atom. The van der Waals surface area contributed by atoms with E-state index >= 15 is 0 Å². The largest absolute Gasteiger partial charge is 0.387 e. The van der Waals surface area contributed by atoms with Gasteiger partial charge in [-0.1, -0.05) is 0 Å². The molecule has 1 atom stereocenters. The molecule has 158 valence electrons.